The van der Waals surface area contributed by atoms with Gasteiger partial charge in [0, 0.05) is 5.56 Å². The molecular formula is C24H19N5O3S2. The van der Waals surface area contributed by atoms with Gasteiger partial charge < -0.3 is 4.74 Å². The van der Waals surface area contributed by atoms with E-state index in [1.54, 1.807) is 26.2 Å². The van der Waals surface area contributed by atoms with Crippen molar-refractivity contribution in [3.63, 3.8) is 0 Å². The van der Waals surface area contributed by atoms with E-state index in [0.717, 1.165) is 15.8 Å². The Morgan fingerprint density at radius 3 is 2.62 bits per heavy atom. The molecule has 0 unspecified atom stereocenters. The number of ether oxygens (including phenoxy) is 1. The fourth-order valence-corrected chi connectivity index (χ4v) is 5.02. The molecule has 0 bridgehead atoms. The second-order valence-corrected chi connectivity index (χ2v) is 9.27. The number of hydrogen-bond acceptors (Lipinski definition) is 7. The Balaban J connectivity index is 1.61. The molecule has 8 nitrogen and oxygen atoms in total. The Kier molecular flexibility index (Phi) is 5.83. The summed E-state index contributed by atoms with van der Waals surface area (Å²) in [4.78, 5) is 31.1. The number of rotatable bonds is 6. The molecule has 5 rings (SSSR count). The average Bonchev–Trinajstić information content (AvgIpc) is 3.61. The number of H-pyrrole nitrogens is 1. The van der Waals surface area contributed by atoms with Gasteiger partial charge in [-0.3, -0.25) is 14.7 Å². The molecule has 0 aliphatic heterocycles. The number of aromatic nitrogens is 3. The van der Waals surface area contributed by atoms with Gasteiger partial charge in [-0.05, 0) is 54.8 Å². The van der Waals surface area contributed by atoms with Crippen LogP contribution >= 0.6 is 22.7 Å². The van der Waals surface area contributed by atoms with Crippen molar-refractivity contribution in [1.29, 1.82) is 0 Å². The van der Waals surface area contributed by atoms with E-state index in [9.17, 15) is 9.59 Å². The van der Waals surface area contributed by atoms with Crippen molar-refractivity contribution in [2.24, 2.45) is 5.10 Å². The van der Waals surface area contributed by atoms with Crippen LogP contribution in [0, 0.1) is 0 Å². The molecule has 0 spiro atoms. The zero-order valence-electron chi connectivity index (χ0n) is 18.2. The van der Waals surface area contributed by atoms with Crippen LogP contribution in [0.15, 0.2) is 75.9 Å². The number of methoxy groups -OCH3 is 1. The van der Waals surface area contributed by atoms with Gasteiger partial charge in [0.2, 0.25) is 5.13 Å². The van der Waals surface area contributed by atoms with Gasteiger partial charge in [-0.15, -0.1) is 11.3 Å². The maximum Gasteiger partial charge on any atom is 0.283 e. The van der Waals surface area contributed by atoms with Crippen LogP contribution < -0.4 is 15.7 Å². The summed E-state index contributed by atoms with van der Waals surface area (Å²) < 4.78 is 7.65. The van der Waals surface area contributed by atoms with Crippen LogP contribution in [0.2, 0.25) is 0 Å². The van der Waals surface area contributed by atoms with Crippen LogP contribution in [-0.4, -0.2) is 33.5 Å². The minimum absolute atomic E-state index is 0.309. The molecule has 0 saturated carbocycles. The molecule has 0 aliphatic carbocycles. The highest BCUT2D eigenvalue weighted by Gasteiger charge is 2.21. The van der Waals surface area contributed by atoms with E-state index in [1.807, 2.05) is 53.9 Å². The van der Waals surface area contributed by atoms with Gasteiger partial charge in [0.05, 0.1) is 39.2 Å². The quantitative estimate of drug-likeness (QED) is 0.267. The summed E-state index contributed by atoms with van der Waals surface area (Å²) in [6.07, 6.45) is 0. The molecule has 0 aliphatic rings. The summed E-state index contributed by atoms with van der Waals surface area (Å²) in [5, 5.41) is 9.76. The number of amides is 1. The Morgan fingerprint density at radius 1 is 1.12 bits per heavy atom. The van der Waals surface area contributed by atoms with Crippen LogP contribution in [-0.2, 0) is 0 Å². The third-order valence-electron chi connectivity index (χ3n) is 5.18. The second-order valence-electron chi connectivity index (χ2n) is 7.31. The maximum absolute atomic E-state index is 13.6. The molecule has 2 N–H and O–H groups in total. The number of benzene rings is 2. The third-order valence-corrected chi connectivity index (χ3v) is 7.07. The Labute approximate surface area is 202 Å². The standard InChI is InChI=1S/C24H19N5O3S2/c1-14(26-27-22(30)19-8-5-13-33-19)20-21(15-9-11-16(32-2)12-10-15)28-29(23(20)31)24-25-17-6-3-4-7-18(17)34-24/h3-13,28H,1-2H3,(H,27,30)/b26-14+. The van der Waals surface area contributed by atoms with Crippen LogP contribution in [0.5, 0.6) is 5.75 Å². The lowest BCUT2D eigenvalue weighted by atomic mass is 10.1. The summed E-state index contributed by atoms with van der Waals surface area (Å²) in [6, 6.07) is 18.6. The highest BCUT2D eigenvalue weighted by molar-refractivity contribution is 7.20. The summed E-state index contributed by atoms with van der Waals surface area (Å²) >= 11 is 2.72. The fourth-order valence-electron chi connectivity index (χ4n) is 3.48. The summed E-state index contributed by atoms with van der Waals surface area (Å²) in [5.41, 5.74) is 5.10. The normalized spacial score (nSPS) is 11.6. The summed E-state index contributed by atoms with van der Waals surface area (Å²) in [5.74, 6) is 0.370. The Hall–Kier alpha value is -4.02. The second kappa shape index (κ2) is 9.08. The minimum Gasteiger partial charge on any atom is -0.497 e. The molecule has 0 fully saturated rings. The van der Waals surface area contributed by atoms with Crippen LogP contribution in [0.25, 0.3) is 26.6 Å². The lowest BCUT2D eigenvalue weighted by molar-refractivity contribution is 0.0959. The monoisotopic (exact) mass is 489 g/mol. The summed E-state index contributed by atoms with van der Waals surface area (Å²) in [7, 11) is 1.60. The smallest absolute Gasteiger partial charge is 0.283 e. The molecule has 10 heteroatoms. The SMILES string of the molecule is COc1ccc(-c2[nH]n(-c3nc4ccccc4s3)c(=O)c2/C(C)=N/NC(=O)c2cccs2)cc1. The number of nitrogens with one attached hydrogen (secondary N) is 2. The third kappa shape index (κ3) is 4.04. The van der Waals surface area contributed by atoms with E-state index in [-0.39, 0.29) is 11.5 Å². The number of nitrogens with zero attached hydrogens (tertiary/aromatic N) is 3. The first-order valence-corrected chi connectivity index (χ1v) is 12.0. The number of aromatic amines is 1. The van der Waals surface area contributed by atoms with Gasteiger partial charge in [-0.25, -0.2) is 10.4 Å². The molecule has 0 radical (unpaired) electrons. The van der Waals surface area contributed by atoms with Crippen molar-refractivity contribution in [1.82, 2.24) is 20.2 Å². The number of carbonyl (C=O) groups is 1. The maximum atomic E-state index is 13.6. The van der Waals surface area contributed by atoms with Crippen molar-refractivity contribution < 1.29 is 9.53 Å². The summed E-state index contributed by atoms with van der Waals surface area (Å²) in [6.45, 7) is 1.69. The number of hydrazone groups is 1. The number of hydrogen-bond donors (Lipinski definition) is 2. The highest BCUT2D eigenvalue weighted by atomic mass is 32.1. The molecule has 34 heavy (non-hydrogen) atoms. The molecule has 0 atom stereocenters. The molecular weight excluding hydrogens is 470 g/mol. The Bertz CT molecular complexity index is 1530. The molecule has 170 valence electrons. The lowest BCUT2D eigenvalue weighted by Gasteiger charge is -2.05. The largest absolute Gasteiger partial charge is 0.497 e. The van der Waals surface area contributed by atoms with E-state index in [2.05, 4.69) is 20.6 Å². The van der Waals surface area contributed by atoms with E-state index < -0.39 is 0 Å². The van der Waals surface area contributed by atoms with E-state index in [0.29, 0.717) is 32.7 Å². The van der Waals surface area contributed by atoms with Crippen molar-refractivity contribution in [3.8, 4) is 22.1 Å². The van der Waals surface area contributed by atoms with Gasteiger partial charge >= 0.3 is 0 Å². The lowest BCUT2D eigenvalue weighted by Crippen LogP contribution is -2.23. The highest BCUT2D eigenvalue weighted by Crippen LogP contribution is 2.27. The van der Waals surface area contributed by atoms with Gasteiger partial charge in [-0.2, -0.15) is 9.78 Å². The molecule has 0 saturated heterocycles. The van der Waals surface area contributed by atoms with E-state index in [1.165, 1.54) is 27.4 Å². The predicted octanol–water partition coefficient (Wildman–Crippen LogP) is 4.67. The molecule has 1 amide bonds. The Morgan fingerprint density at radius 2 is 1.91 bits per heavy atom. The van der Waals surface area contributed by atoms with Gasteiger partial charge in [0.1, 0.15) is 5.75 Å². The molecule has 2 aromatic carbocycles. The average molecular weight is 490 g/mol. The zero-order chi connectivity index (χ0) is 23.7. The number of thiophene rings is 1. The first kappa shape index (κ1) is 21.8. The van der Waals surface area contributed by atoms with Gasteiger partial charge in [-0.1, -0.05) is 29.5 Å². The minimum atomic E-state index is -0.331. The van der Waals surface area contributed by atoms with Crippen LogP contribution in [0.4, 0.5) is 0 Å². The molecule has 3 aromatic heterocycles. The van der Waals surface area contributed by atoms with Crippen LogP contribution in [0.3, 0.4) is 0 Å². The van der Waals surface area contributed by atoms with E-state index >= 15 is 0 Å². The predicted molar refractivity (Wildman–Crippen MR) is 136 cm³/mol. The van der Waals surface area contributed by atoms with E-state index in [4.69, 9.17) is 4.74 Å². The first-order chi connectivity index (χ1) is 16.5. The van der Waals surface area contributed by atoms with Gasteiger partial charge in [0.15, 0.2) is 0 Å². The van der Waals surface area contributed by atoms with Crippen LogP contribution in [0.1, 0.15) is 22.2 Å². The zero-order valence-corrected chi connectivity index (χ0v) is 19.9. The number of para-hydroxylation sites is 1. The topological polar surface area (TPSA) is 101 Å². The number of carbonyl (C=O) groups excluding carboxylic acids is 1. The van der Waals surface area contributed by atoms with Crippen molar-refractivity contribution in [2.75, 3.05) is 7.11 Å². The van der Waals surface area contributed by atoms with Crippen molar-refractivity contribution >= 4 is 44.5 Å². The number of fused-ring (bicyclic) bond motifs is 1. The van der Waals surface area contributed by atoms with Crippen molar-refractivity contribution in [2.45, 2.75) is 6.92 Å². The van der Waals surface area contributed by atoms with Crippen molar-refractivity contribution in [3.05, 3.63) is 86.8 Å². The fraction of sp³-hybridized carbons (Fsp3) is 0.0833. The first-order valence-electron chi connectivity index (χ1n) is 10.3. The molecule has 5 aromatic rings. The number of thiazole rings is 1. The van der Waals surface area contributed by atoms with Gasteiger partial charge in [0.25, 0.3) is 11.5 Å². The molecule has 3 heterocycles.